The first-order valence-electron chi connectivity index (χ1n) is 6.67. The van der Waals surface area contributed by atoms with E-state index >= 15 is 0 Å². The molecular weight excluding hydrogens is 228 g/mol. The van der Waals surface area contributed by atoms with E-state index < -0.39 is 0 Å². The molecule has 1 aliphatic carbocycles. The third kappa shape index (κ3) is 3.57. The normalized spacial score (nSPS) is 14.6. The van der Waals surface area contributed by atoms with Gasteiger partial charge in [-0.3, -0.25) is 0 Å². The van der Waals surface area contributed by atoms with Crippen LogP contribution in [-0.2, 0) is 4.74 Å². The van der Waals surface area contributed by atoms with Gasteiger partial charge in [0.1, 0.15) is 5.82 Å². The van der Waals surface area contributed by atoms with Crippen LogP contribution >= 0.6 is 0 Å². The lowest BCUT2D eigenvalue weighted by atomic mass is 10.4. The fraction of sp³-hybridized carbons (Fsp3) is 0.692. The van der Waals surface area contributed by atoms with Gasteiger partial charge in [-0.15, -0.1) is 0 Å². The second-order valence-electron chi connectivity index (χ2n) is 4.58. The highest BCUT2D eigenvalue weighted by molar-refractivity contribution is 5.44. The van der Waals surface area contributed by atoms with Crippen molar-refractivity contribution in [2.24, 2.45) is 0 Å². The summed E-state index contributed by atoms with van der Waals surface area (Å²) < 4.78 is 5.17. The van der Waals surface area contributed by atoms with E-state index in [9.17, 15) is 0 Å². The number of rotatable bonds is 8. The molecule has 1 aromatic rings. The Labute approximate surface area is 109 Å². The lowest BCUT2D eigenvalue weighted by molar-refractivity contribution is 0.204. The molecule has 0 amide bonds. The van der Waals surface area contributed by atoms with Gasteiger partial charge in [-0.1, -0.05) is 6.92 Å². The Kier molecular flexibility index (Phi) is 4.75. The van der Waals surface area contributed by atoms with E-state index in [1.165, 1.54) is 12.8 Å². The zero-order chi connectivity index (χ0) is 12.8. The number of anilines is 2. The molecule has 0 atom stereocenters. The summed E-state index contributed by atoms with van der Waals surface area (Å²) >= 11 is 0. The number of methoxy groups -OCH3 is 1. The van der Waals surface area contributed by atoms with Gasteiger partial charge < -0.3 is 15.0 Å². The lowest BCUT2D eigenvalue weighted by Gasteiger charge is -2.23. The van der Waals surface area contributed by atoms with E-state index in [1.807, 2.05) is 12.3 Å². The third-order valence-corrected chi connectivity index (χ3v) is 2.99. The summed E-state index contributed by atoms with van der Waals surface area (Å²) in [5.74, 6) is 1.72. The monoisotopic (exact) mass is 250 g/mol. The van der Waals surface area contributed by atoms with Crippen LogP contribution in [0.25, 0.3) is 0 Å². The molecule has 0 spiro atoms. The van der Waals surface area contributed by atoms with Crippen LogP contribution in [0.3, 0.4) is 0 Å². The van der Waals surface area contributed by atoms with Gasteiger partial charge in [0.15, 0.2) is 0 Å². The minimum absolute atomic E-state index is 0.633. The van der Waals surface area contributed by atoms with E-state index in [4.69, 9.17) is 4.74 Å². The van der Waals surface area contributed by atoms with Crippen molar-refractivity contribution in [3.63, 3.8) is 0 Å². The largest absolute Gasteiger partial charge is 0.383 e. The molecule has 18 heavy (non-hydrogen) atoms. The van der Waals surface area contributed by atoms with E-state index in [0.29, 0.717) is 6.04 Å². The van der Waals surface area contributed by atoms with Crippen LogP contribution in [0, 0.1) is 0 Å². The van der Waals surface area contributed by atoms with Gasteiger partial charge in [-0.05, 0) is 25.3 Å². The second kappa shape index (κ2) is 6.54. The molecule has 1 heterocycles. The van der Waals surface area contributed by atoms with Crippen molar-refractivity contribution in [1.82, 2.24) is 9.97 Å². The highest BCUT2D eigenvalue weighted by atomic mass is 16.5. The quantitative estimate of drug-likeness (QED) is 0.764. The zero-order valence-electron chi connectivity index (χ0n) is 11.2. The number of hydrogen-bond donors (Lipinski definition) is 1. The summed E-state index contributed by atoms with van der Waals surface area (Å²) in [4.78, 5) is 11.1. The Morgan fingerprint density at radius 3 is 3.00 bits per heavy atom. The molecule has 2 rings (SSSR count). The number of nitrogens with zero attached hydrogens (tertiary/aromatic N) is 3. The highest BCUT2D eigenvalue weighted by Gasteiger charge is 2.29. The van der Waals surface area contributed by atoms with Gasteiger partial charge in [0.25, 0.3) is 0 Å². The van der Waals surface area contributed by atoms with Crippen molar-refractivity contribution in [1.29, 1.82) is 0 Å². The first-order chi connectivity index (χ1) is 8.85. The maximum Gasteiger partial charge on any atom is 0.224 e. The van der Waals surface area contributed by atoms with E-state index in [2.05, 4.69) is 27.1 Å². The minimum Gasteiger partial charge on any atom is -0.383 e. The van der Waals surface area contributed by atoms with Gasteiger partial charge in [0, 0.05) is 32.4 Å². The lowest BCUT2D eigenvalue weighted by Crippen LogP contribution is -2.30. The molecule has 0 bridgehead atoms. The van der Waals surface area contributed by atoms with Gasteiger partial charge in [-0.2, -0.15) is 4.98 Å². The van der Waals surface area contributed by atoms with Crippen molar-refractivity contribution >= 4 is 11.8 Å². The molecule has 0 aliphatic heterocycles. The van der Waals surface area contributed by atoms with Crippen molar-refractivity contribution in [2.45, 2.75) is 32.2 Å². The van der Waals surface area contributed by atoms with Gasteiger partial charge in [0.2, 0.25) is 5.95 Å². The van der Waals surface area contributed by atoms with E-state index in [-0.39, 0.29) is 0 Å². The Morgan fingerprint density at radius 2 is 2.33 bits per heavy atom. The van der Waals surface area contributed by atoms with Crippen LogP contribution in [-0.4, -0.2) is 42.8 Å². The highest BCUT2D eigenvalue weighted by Crippen LogP contribution is 2.30. The fourth-order valence-electron chi connectivity index (χ4n) is 1.89. The summed E-state index contributed by atoms with van der Waals surface area (Å²) in [7, 11) is 1.74. The number of hydrogen-bond acceptors (Lipinski definition) is 5. The molecule has 1 saturated carbocycles. The van der Waals surface area contributed by atoms with Gasteiger partial charge >= 0.3 is 0 Å². The second-order valence-corrected chi connectivity index (χ2v) is 4.58. The van der Waals surface area contributed by atoms with Crippen LogP contribution in [0.15, 0.2) is 12.3 Å². The third-order valence-electron chi connectivity index (χ3n) is 2.99. The summed E-state index contributed by atoms with van der Waals surface area (Å²) in [6.45, 7) is 4.67. The van der Waals surface area contributed by atoms with Crippen molar-refractivity contribution in [3.05, 3.63) is 12.3 Å². The molecule has 1 fully saturated rings. The molecule has 1 N–H and O–H groups in total. The molecule has 1 aromatic heterocycles. The topological polar surface area (TPSA) is 50.3 Å². The molecule has 100 valence electrons. The first-order valence-corrected chi connectivity index (χ1v) is 6.67. The average Bonchev–Trinajstić information content (AvgIpc) is 3.22. The first kappa shape index (κ1) is 13.1. The number of aromatic nitrogens is 2. The van der Waals surface area contributed by atoms with Gasteiger partial charge in [-0.25, -0.2) is 4.98 Å². The molecule has 1 aliphatic rings. The minimum atomic E-state index is 0.633. The van der Waals surface area contributed by atoms with Crippen LogP contribution in [0.1, 0.15) is 26.2 Å². The van der Waals surface area contributed by atoms with Crippen LogP contribution < -0.4 is 10.2 Å². The average molecular weight is 250 g/mol. The summed E-state index contributed by atoms with van der Waals surface area (Å²) in [5, 5.41) is 3.22. The molecule has 0 radical (unpaired) electrons. The van der Waals surface area contributed by atoms with Crippen LogP contribution in [0.2, 0.25) is 0 Å². The van der Waals surface area contributed by atoms with E-state index in [1.54, 1.807) is 7.11 Å². The SMILES string of the molecule is CCCNc1nccc(N(CCOC)C2CC2)n1. The molecule has 0 unspecified atom stereocenters. The maximum absolute atomic E-state index is 5.17. The van der Waals surface area contributed by atoms with Crippen molar-refractivity contribution in [3.8, 4) is 0 Å². The Morgan fingerprint density at radius 1 is 1.50 bits per heavy atom. The van der Waals surface area contributed by atoms with Crippen molar-refractivity contribution < 1.29 is 4.74 Å². The molecular formula is C13H22N4O. The smallest absolute Gasteiger partial charge is 0.224 e. The van der Waals surface area contributed by atoms with Crippen molar-refractivity contribution in [2.75, 3.05) is 37.0 Å². The summed E-state index contributed by atoms with van der Waals surface area (Å²) in [6.07, 6.45) is 5.41. The Bertz CT molecular complexity index is 368. The maximum atomic E-state index is 5.17. The zero-order valence-corrected chi connectivity index (χ0v) is 11.2. The van der Waals surface area contributed by atoms with Gasteiger partial charge in [0.05, 0.1) is 6.61 Å². The molecule has 5 heteroatoms. The predicted molar refractivity (Wildman–Crippen MR) is 73.1 cm³/mol. The molecule has 0 saturated heterocycles. The standard InChI is InChI=1S/C13H22N4O/c1-3-7-14-13-15-8-6-12(16-13)17(9-10-18-2)11-4-5-11/h6,8,11H,3-5,7,9-10H2,1-2H3,(H,14,15,16). The Hall–Kier alpha value is -1.36. The fourth-order valence-corrected chi connectivity index (χ4v) is 1.89. The van der Waals surface area contributed by atoms with Crippen LogP contribution in [0.4, 0.5) is 11.8 Å². The summed E-state index contributed by atoms with van der Waals surface area (Å²) in [6, 6.07) is 2.61. The molecule has 5 nitrogen and oxygen atoms in total. The number of nitrogens with one attached hydrogen (secondary N) is 1. The summed E-state index contributed by atoms with van der Waals surface area (Å²) in [5.41, 5.74) is 0. The van der Waals surface area contributed by atoms with E-state index in [0.717, 1.165) is 37.9 Å². The predicted octanol–water partition coefficient (Wildman–Crippen LogP) is 1.91. The van der Waals surface area contributed by atoms with Crippen LogP contribution in [0.5, 0.6) is 0 Å². The number of ether oxygens (including phenoxy) is 1. The Balaban J connectivity index is 2.03. The molecule has 0 aromatic carbocycles.